The highest BCUT2D eigenvalue weighted by Crippen LogP contribution is 2.38. The minimum atomic E-state index is 0.0923. The number of piperidine rings is 5. The second-order valence-electron chi connectivity index (χ2n) is 10.2. The summed E-state index contributed by atoms with van der Waals surface area (Å²) in [5, 5.41) is 0. The van der Waals surface area contributed by atoms with Crippen LogP contribution in [0, 0.1) is 17.8 Å². The predicted octanol–water partition coefficient (Wildman–Crippen LogP) is 2.16. The zero-order valence-corrected chi connectivity index (χ0v) is 18.1. The average molecular weight is 417 g/mol. The number of hydrogen-bond donors (Lipinski definition) is 0. The zero-order valence-electron chi connectivity index (χ0n) is 18.1. The van der Waals surface area contributed by atoms with Gasteiger partial charge in [-0.2, -0.15) is 0 Å². The van der Waals surface area contributed by atoms with Gasteiger partial charge in [-0.3, -0.25) is 9.59 Å². The molecule has 5 heterocycles. The Morgan fingerprint density at radius 2 is 1.53 bits per heavy atom. The van der Waals surface area contributed by atoms with E-state index in [1.807, 2.05) is 4.90 Å². The van der Waals surface area contributed by atoms with Gasteiger partial charge >= 0.3 is 6.03 Å². The van der Waals surface area contributed by atoms with Gasteiger partial charge in [0, 0.05) is 64.2 Å². The maximum Gasteiger partial charge on any atom is 0.320 e. The Labute approximate surface area is 179 Å². The molecular formula is C23H36N4O3. The molecule has 0 N–H and O–H groups in total. The third-order valence-electron chi connectivity index (χ3n) is 8.23. The van der Waals surface area contributed by atoms with Crippen LogP contribution in [0.5, 0.6) is 0 Å². The topological polar surface area (TPSA) is 64.2 Å². The Balaban J connectivity index is 1.16. The van der Waals surface area contributed by atoms with E-state index in [4.69, 9.17) is 0 Å². The second kappa shape index (κ2) is 8.39. The third-order valence-corrected chi connectivity index (χ3v) is 8.23. The largest absolute Gasteiger partial charge is 0.342 e. The van der Waals surface area contributed by atoms with Crippen molar-refractivity contribution in [1.29, 1.82) is 0 Å². The van der Waals surface area contributed by atoms with Gasteiger partial charge in [0.25, 0.3) is 0 Å². The summed E-state index contributed by atoms with van der Waals surface area (Å²) in [6, 6.07) is 0.496. The fourth-order valence-corrected chi connectivity index (χ4v) is 6.66. The van der Waals surface area contributed by atoms with E-state index in [0.29, 0.717) is 49.2 Å². The van der Waals surface area contributed by atoms with Crippen molar-refractivity contribution in [2.45, 2.75) is 63.8 Å². The fraction of sp³-hybridized carbons (Fsp3) is 0.870. The average Bonchev–Trinajstić information content (AvgIpc) is 2.79. The van der Waals surface area contributed by atoms with Gasteiger partial charge in [0.05, 0.1) is 0 Å². The van der Waals surface area contributed by atoms with Crippen molar-refractivity contribution in [3.63, 3.8) is 0 Å². The minimum Gasteiger partial charge on any atom is -0.342 e. The van der Waals surface area contributed by atoms with E-state index >= 15 is 0 Å². The van der Waals surface area contributed by atoms with Gasteiger partial charge in [-0.25, -0.2) is 4.79 Å². The molecule has 0 saturated carbocycles. The molecule has 5 saturated heterocycles. The number of urea groups is 1. The molecule has 5 fully saturated rings. The van der Waals surface area contributed by atoms with Crippen LogP contribution in [0.3, 0.4) is 0 Å². The van der Waals surface area contributed by atoms with Crippen molar-refractivity contribution in [2.75, 3.05) is 45.8 Å². The molecule has 5 aliphatic heterocycles. The van der Waals surface area contributed by atoms with Gasteiger partial charge in [-0.05, 0) is 63.2 Å². The molecule has 4 amide bonds. The zero-order chi connectivity index (χ0) is 20.7. The summed E-state index contributed by atoms with van der Waals surface area (Å²) in [7, 11) is 0. The van der Waals surface area contributed by atoms with Crippen LogP contribution in [0.15, 0.2) is 0 Å². The molecule has 30 heavy (non-hydrogen) atoms. The Kier molecular flexibility index (Phi) is 5.63. The molecule has 5 rings (SSSR count). The lowest BCUT2D eigenvalue weighted by atomic mass is 9.76. The Morgan fingerprint density at radius 3 is 2.30 bits per heavy atom. The lowest BCUT2D eigenvalue weighted by Gasteiger charge is -2.53. The number of nitrogens with zero attached hydrogens (tertiary/aromatic N) is 4. The summed E-state index contributed by atoms with van der Waals surface area (Å²) < 4.78 is 0. The Bertz CT molecular complexity index is 684. The van der Waals surface area contributed by atoms with E-state index in [9.17, 15) is 14.4 Å². The van der Waals surface area contributed by atoms with Gasteiger partial charge in [-0.15, -0.1) is 0 Å². The van der Waals surface area contributed by atoms with E-state index in [2.05, 4.69) is 14.7 Å². The smallest absolute Gasteiger partial charge is 0.320 e. The quantitative estimate of drug-likeness (QED) is 0.658. The Hall–Kier alpha value is -1.79. The van der Waals surface area contributed by atoms with Crippen molar-refractivity contribution < 1.29 is 14.4 Å². The summed E-state index contributed by atoms with van der Waals surface area (Å²) in [5.41, 5.74) is 0. The summed E-state index contributed by atoms with van der Waals surface area (Å²) in [6.45, 7) is 5.61. The van der Waals surface area contributed by atoms with Gasteiger partial charge in [0.2, 0.25) is 11.8 Å². The standard InChI is InChI=1S/C23H36N4O3/c28-21-6-4-5-20-19-13-17(15-27(20)21)14-26(16-19)23(30)25-11-7-18(8-12-25)22(29)24-9-2-1-3-10-24/h17-20H,1-16H2/t17-,19+,20+/m0/s1. The molecule has 0 radical (unpaired) electrons. The normalized spacial score (nSPS) is 32.8. The van der Waals surface area contributed by atoms with Crippen LogP contribution >= 0.6 is 0 Å². The SMILES string of the molecule is O=C(C1CCN(C(=O)N2C[C@@H]3C[C@H](C2)[C@H]2CCCC(=O)N2C3)CC1)N1CCCCC1. The molecular weight excluding hydrogens is 380 g/mol. The first-order chi connectivity index (χ1) is 14.6. The molecule has 0 aromatic heterocycles. The number of carbonyl (C=O) groups is 3. The van der Waals surface area contributed by atoms with Crippen LogP contribution in [0.1, 0.15) is 57.8 Å². The van der Waals surface area contributed by atoms with E-state index < -0.39 is 0 Å². The lowest BCUT2D eigenvalue weighted by molar-refractivity contribution is -0.144. The molecule has 0 aliphatic carbocycles. The van der Waals surface area contributed by atoms with Gasteiger partial charge < -0.3 is 19.6 Å². The molecule has 7 heteroatoms. The summed E-state index contributed by atoms with van der Waals surface area (Å²) in [4.78, 5) is 46.6. The van der Waals surface area contributed by atoms with E-state index in [1.54, 1.807) is 0 Å². The van der Waals surface area contributed by atoms with Crippen molar-refractivity contribution in [1.82, 2.24) is 19.6 Å². The number of hydrogen-bond acceptors (Lipinski definition) is 3. The highest BCUT2D eigenvalue weighted by atomic mass is 16.2. The van der Waals surface area contributed by atoms with Crippen LogP contribution in [-0.2, 0) is 9.59 Å². The first kappa shape index (κ1) is 20.1. The van der Waals surface area contributed by atoms with Crippen LogP contribution in [0.4, 0.5) is 4.79 Å². The molecule has 166 valence electrons. The van der Waals surface area contributed by atoms with Crippen molar-refractivity contribution >= 4 is 17.8 Å². The molecule has 5 aliphatic rings. The van der Waals surface area contributed by atoms with Gasteiger partial charge in [0.1, 0.15) is 0 Å². The van der Waals surface area contributed by atoms with Crippen molar-refractivity contribution in [2.24, 2.45) is 17.8 Å². The van der Waals surface area contributed by atoms with E-state index in [1.165, 1.54) is 6.42 Å². The van der Waals surface area contributed by atoms with Crippen LogP contribution in [-0.4, -0.2) is 89.3 Å². The van der Waals surface area contributed by atoms with Crippen LogP contribution in [0.25, 0.3) is 0 Å². The number of fused-ring (bicyclic) bond motifs is 4. The highest BCUT2D eigenvalue weighted by molar-refractivity contribution is 5.80. The minimum absolute atomic E-state index is 0.0923. The maximum atomic E-state index is 13.3. The van der Waals surface area contributed by atoms with Gasteiger partial charge in [-0.1, -0.05) is 0 Å². The lowest BCUT2D eigenvalue weighted by Crippen LogP contribution is -2.62. The second-order valence-corrected chi connectivity index (χ2v) is 10.2. The van der Waals surface area contributed by atoms with Crippen LogP contribution < -0.4 is 0 Å². The van der Waals surface area contributed by atoms with Crippen molar-refractivity contribution in [3.05, 3.63) is 0 Å². The molecule has 7 nitrogen and oxygen atoms in total. The molecule has 3 atom stereocenters. The van der Waals surface area contributed by atoms with E-state index in [-0.39, 0.29) is 11.9 Å². The molecule has 0 aromatic carbocycles. The summed E-state index contributed by atoms with van der Waals surface area (Å²) in [6.07, 6.45) is 9.03. The first-order valence-electron chi connectivity index (χ1n) is 12.2. The molecule has 0 spiro atoms. The maximum absolute atomic E-state index is 13.3. The van der Waals surface area contributed by atoms with Crippen molar-refractivity contribution in [3.8, 4) is 0 Å². The first-order valence-corrected chi connectivity index (χ1v) is 12.2. The van der Waals surface area contributed by atoms with E-state index in [0.717, 1.165) is 77.7 Å². The summed E-state index contributed by atoms with van der Waals surface area (Å²) in [5.74, 6) is 1.58. The Morgan fingerprint density at radius 1 is 0.767 bits per heavy atom. The molecule has 0 unspecified atom stereocenters. The number of rotatable bonds is 1. The molecule has 2 bridgehead atoms. The predicted molar refractivity (Wildman–Crippen MR) is 113 cm³/mol. The van der Waals surface area contributed by atoms with Gasteiger partial charge in [0.15, 0.2) is 0 Å². The third kappa shape index (κ3) is 3.80. The monoisotopic (exact) mass is 416 g/mol. The summed E-state index contributed by atoms with van der Waals surface area (Å²) >= 11 is 0. The van der Waals surface area contributed by atoms with Crippen LogP contribution in [0.2, 0.25) is 0 Å². The highest BCUT2D eigenvalue weighted by Gasteiger charge is 2.45. The molecule has 0 aromatic rings. The fourth-order valence-electron chi connectivity index (χ4n) is 6.66. The number of amides is 4. The number of likely N-dealkylation sites (tertiary alicyclic amines) is 3. The number of carbonyl (C=O) groups excluding carboxylic acids is 3.